The fourth-order valence-corrected chi connectivity index (χ4v) is 3.14. The van der Waals surface area contributed by atoms with E-state index in [4.69, 9.17) is 11.6 Å². The van der Waals surface area contributed by atoms with Crippen molar-refractivity contribution in [3.05, 3.63) is 64.3 Å². The number of hydrogen-bond acceptors (Lipinski definition) is 6. The number of fused-ring (bicyclic) bond motifs is 1. The van der Waals surface area contributed by atoms with E-state index in [0.29, 0.717) is 33.6 Å². The number of carbonyl (C=O) groups excluding carboxylic acids is 1. The molecule has 0 unspecified atom stereocenters. The monoisotopic (exact) mass is 399 g/mol. The molecule has 6 nitrogen and oxygen atoms in total. The number of nitrogens with zero attached hydrogens (tertiary/aromatic N) is 4. The van der Waals surface area contributed by atoms with E-state index in [0.717, 1.165) is 23.8 Å². The van der Waals surface area contributed by atoms with Gasteiger partial charge in [-0.2, -0.15) is 4.98 Å². The van der Waals surface area contributed by atoms with Gasteiger partial charge in [0.25, 0.3) is 0 Å². The number of rotatable bonds is 7. The summed E-state index contributed by atoms with van der Waals surface area (Å²) < 4.78 is 1.71. The van der Waals surface area contributed by atoms with Crippen LogP contribution in [0.4, 0.5) is 5.95 Å². The highest BCUT2D eigenvalue weighted by atomic mass is 35.5. The van der Waals surface area contributed by atoms with Gasteiger partial charge in [-0.25, -0.2) is 4.98 Å². The number of thioether (sulfide) groups is 1. The molecule has 1 aliphatic rings. The molecule has 27 heavy (non-hydrogen) atoms. The van der Waals surface area contributed by atoms with Crippen LogP contribution < -0.4 is 5.32 Å². The third-order valence-corrected chi connectivity index (χ3v) is 4.94. The highest BCUT2D eigenvalue weighted by Crippen LogP contribution is 2.28. The number of aryl methyl sites for hydroxylation is 1. The molecule has 0 spiro atoms. The number of halogens is 1. The van der Waals surface area contributed by atoms with Crippen LogP contribution in [0, 0.1) is 0 Å². The minimum atomic E-state index is -0.279. The average molecular weight is 400 g/mol. The molecule has 0 saturated heterocycles. The van der Waals surface area contributed by atoms with Crippen molar-refractivity contribution in [2.45, 2.75) is 6.42 Å². The van der Waals surface area contributed by atoms with Crippen molar-refractivity contribution >= 4 is 52.3 Å². The molecule has 3 heterocycles. The zero-order valence-corrected chi connectivity index (χ0v) is 16.3. The lowest BCUT2D eigenvalue weighted by Crippen LogP contribution is -2.12. The van der Waals surface area contributed by atoms with E-state index in [9.17, 15) is 4.79 Å². The molecule has 2 aromatic rings. The van der Waals surface area contributed by atoms with Crippen LogP contribution in [0.3, 0.4) is 0 Å². The van der Waals surface area contributed by atoms with Crippen LogP contribution in [-0.4, -0.2) is 33.1 Å². The molecule has 0 saturated carbocycles. The first-order valence-corrected chi connectivity index (χ1v) is 9.41. The lowest BCUT2D eigenvalue weighted by atomic mass is 10.2. The largest absolute Gasteiger partial charge is 0.350 e. The van der Waals surface area contributed by atoms with Crippen LogP contribution in [0.25, 0.3) is 11.0 Å². The molecular weight excluding hydrogens is 382 g/mol. The zero-order valence-electron chi connectivity index (χ0n) is 14.8. The van der Waals surface area contributed by atoms with Crippen LogP contribution in [0.1, 0.15) is 16.9 Å². The summed E-state index contributed by atoms with van der Waals surface area (Å²) in [4.78, 5) is 26.2. The molecule has 0 bridgehead atoms. The molecule has 0 fully saturated rings. The summed E-state index contributed by atoms with van der Waals surface area (Å²) in [7, 11) is 1.79. The molecule has 3 rings (SSSR count). The number of ketones is 1. The fourth-order valence-electron chi connectivity index (χ4n) is 2.54. The Morgan fingerprint density at radius 2 is 2.30 bits per heavy atom. The van der Waals surface area contributed by atoms with Gasteiger partial charge in [-0.15, -0.1) is 0 Å². The topological polar surface area (TPSA) is 72.2 Å². The van der Waals surface area contributed by atoms with E-state index in [1.54, 1.807) is 35.5 Å². The van der Waals surface area contributed by atoms with Gasteiger partial charge in [-0.3, -0.25) is 9.79 Å². The smallest absolute Gasteiger partial charge is 0.225 e. The average Bonchev–Trinajstić information content (AvgIpc) is 2.84. The Kier molecular flexibility index (Phi) is 5.93. The van der Waals surface area contributed by atoms with Gasteiger partial charge in [0.2, 0.25) is 11.7 Å². The molecule has 1 N–H and O–H groups in total. The van der Waals surface area contributed by atoms with Crippen molar-refractivity contribution in [2.24, 2.45) is 12.0 Å². The fraction of sp³-hybridized carbons (Fsp3) is 0.158. The van der Waals surface area contributed by atoms with Gasteiger partial charge in [0, 0.05) is 26.0 Å². The highest BCUT2D eigenvalue weighted by Gasteiger charge is 2.20. The summed E-state index contributed by atoms with van der Waals surface area (Å²) in [5, 5.41) is 5.79. The van der Waals surface area contributed by atoms with Gasteiger partial charge in [-0.05, 0) is 29.5 Å². The first-order valence-electron chi connectivity index (χ1n) is 8.15. The number of allylic oxidation sites excluding steroid dienone is 3. The summed E-state index contributed by atoms with van der Waals surface area (Å²) in [5.74, 6) is 0.0667. The van der Waals surface area contributed by atoms with E-state index in [1.807, 2.05) is 12.2 Å². The van der Waals surface area contributed by atoms with E-state index >= 15 is 0 Å². The number of nitrogens with one attached hydrogen (secondary N) is 1. The van der Waals surface area contributed by atoms with Crippen LogP contribution in [-0.2, 0) is 7.05 Å². The summed E-state index contributed by atoms with van der Waals surface area (Å²) in [6.07, 6.45) is 8.25. The summed E-state index contributed by atoms with van der Waals surface area (Å²) in [6, 6.07) is 1.69. The van der Waals surface area contributed by atoms with Crippen molar-refractivity contribution in [1.82, 2.24) is 14.5 Å². The maximum atomic E-state index is 12.8. The third-order valence-electron chi connectivity index (χ3n) is 3.94. The number of aromatic nitrogens is 3. The van der Waals surface area contributed by atoms with Crippen LogP contribution in [0.2, 0.25) is 5.15 Å². The maximum absolute atomic E-state index is 12.8. The third kappa shape index (κ3) is 4.20. The van der Waals surface area contributed by atoms with Crippen molar-refractivity contribution in [3.8, 4) is 0 Å². The standard InChI is InChI=1S/C19H18ClN5OS/c1-4-27-12(2)17(26)16-14-9-15(20)25(3)18(14)24-19(23-16)22-11-13-7-5-6-8-21-10-13/h4-6,8-10H,1-2,7,11H2,3H3,(H,22,23,24). The summed E-state index contributed by atoms with van der Waals surface area (Å²) in [6.45, 7) is 7.94. The minimum Gasteiger partial charge on any atom is -0.350 e. The molecule has 138 valence electrons. The molecule has 0 amide bonds. The van der Waals surface area contributed by atoms with Gasteiger partial charge in [-0.1, -0.05) is 42.6 Å². The molecule has 2 aromatic heterocycles. The quantitative estimate of drug-likeness (QED) is 0.547. The highest BCUT2D eigenvalue weighted by molar-refractivity contribution is 8.06. The maximum Gasteiger partial charge on any atom is 0.225 e. The molecule has 0 aliphatic carbocycles. The van der Waals surface area contributed by atoms with E-state index in [1.165, 1.54) is 0 Å². The zero-order chi connectivity index (χ0) is 19.4. The first-order chi connectivity index (χ1) is 13.0. The van der Waals surface area contributed by atoms with E-state index < -0.39 is 0 Å². The van der Waals surface area contributed by atoms with E-state index in [2.05, 4.69) is 33.4 Å². The van der Waals surface area contributed by atoms with Gasteiger partial charge >= 0.3 is 0 Å². The SMILES string of the molecule is C=CSC(=C)C(=O)c1nc(NCC2=CN=CC=CC2)nc2c1cc(Cl)n2C. The number of carbonyl (C=O) groups is 1. The van der Waals surface area contributed by atoms with Gasteiger partial charge in [0.05, 0.1) is 10.3 Å². The van der Waals surface area contributed by atoms with Crippen LogP contribution in [0.5, 0.6) is 0 Å². The van der Waals surface area contributed by atoms with Crippen molar-refractivity contribution < 1.29 is 4.79 Å². The second kappa shape index (κ2) is 8.37. The van der Waals surface area contributed by atoms with Crippen LogP contribution >= 0.6 is 23.4 Å². The Morgan fingerprint density at radius 1 is 1.48 bits per heavy atom. The number of Topliss-reactive ketones (excluding diaryl/α,β-unsaturated/α-hetero) is 1. The van der Waals surface area contributed by atoms with Gasteiger partial charge in [0.1, 0.15) is 16.5 Å². The van der Waals surface area contributed by atoms with Crippen molar-refractivity contribution in [1.29, 1.82) is 0 Å². The molecule has 1 aliphatic heterocycles. The van der Waals surface area contributed by atoms with Crippen molar-refractivity contribution in [3.63, 3.8) is 0 Å². The normalized spacial score (nSPS) is 13.3. The van der Waals surface area contributed by atoms with Crippen molar-refractivity contribution in [2.75, 3.05) is 11.9 Å². The molecule has 0 aromatic carbocycles. The Labute approximate surface area is 166 Å². The second-order valence-corrected chi connectivity index (χ2v) is 7.22. The Balaban J connectivity index is 1.97. The molecular formula is C19H18ClN5OS. The lowest BCUT2D eigenvalue weighted by Gasteiger charge is -2.10. The Morgan fingerprint density at radius 3 is 3.07 bits per heavy atom. The predicted molar refractivity (Wildman–Crippen MR) is 114 cm³/mol. The number of hydrogen-bond donors (Lipinski definition) is 1. The summed E-state index contributed by atoms with van der Waals surface area (Å²) in [5.41, 5.74) is 1.91. The predicted octanol–water partition coefficient (Wildman–Crippen LogP) is 4.52. The number of aliphatic imine (C=N–C) groups is 1. The minimum absolute atomic E-state index is 0.261. The number of anilines is 1. The lowest BCUT2D eigenvalue weighted by molar-refractivity contribution is 0.104. The van der Waals surface area contributed by atoms with E-state index in [-0.39, 0.29) is 11.5 Å². The molecule has 0 atom stereocenters. The van der Waals surface area contributed by atoms with Gasteiger partial charge < -0.3 is 9.88 Å². The Hall–Kier alpha value is -2.64. The summed E-state index contributed by atoms with van der Waals surface area (Å²) >= 11 is 7.39. The van der Waals surface area contributed by atoms with Crippen LogP contribution in [0.15, 0.2) is 58.5 Å². The molecule has 0 radical (unpaired) electrons. The Bertz CT molecular complexity index is 1020. The first kappa shape index (κ1) is 19.1. The molecule has 8 heteroatoms. The van der Waals surface area contributed by atoms with Gasteiger partial charge in [0.15, 0.2) is 0 Å². The second-order valence-electron chi connectivity index (χ2n) is 5.77.